The molecule has 0 aliphatic heterocycles. The summed E-state index contributed by atoms with van der Waals surface area (Å²) in [6.07, 6.45) is 6.48. The normalized spacial score (nSPS) is 25.4. The Kier molecular flexibility index (Phi) is 5.34. The van der Waals surface area contributed by atoms with E-state index in [0.717, 1.165) is 38.1 Å². The van der Waals surface area contributed by atoms with Gasteiger partial charge in [0.05, 0.1) is 0 Å². The van der Waals surface area contributed by atoms with Crippen molar-refractivity contribution in [3.63, 3.8) is 0 Å². The average molecular weight is 267 g/mol. The van der Waals surface area contributed by atoms with E-state index in [4.69, 9.17) is 15.0 Å². The van der Waals surface area contributed by atoms with Gasteiger partial charge in [-0.25, -0.2) is 0 Å². The summed E-state index contributed by atoms with van der Waals surface area (Å²) in [4.78, 5) is 4.54. The van der Waals surface area contributed by atoms with Gasteiger partial charge in [-0.15, -0.1) is 0 Å². The molecule has 0 amide bonds. The number of nitrogens with two attached hydrogens (primary N) is 1. The largest absolute Gasteiger partial charge is 0.373 e. The quantitative estimate of drug-likeness (QED) is 0.857. The number of ether oxygens (including phenoxy) is 1. The van der Waals surface area contributed by atoms with Gasteiger partial charge < -0.3 is 15.0 Å². The lowest BCUT2D eigenvalue weighted by molar-refractivity contribution is 0.0854. The maximum Gasteiger partial charge on any atom is 0.229 e. The molecule has 19 heavy (non-hydrogen) atoms. The minimum absolute atomic E-state index is 0.0390. The Morgan fingerprint density at radius 3 is 2.68 bits per heavy atom. The number of methoxy groups -OCH3 is 1. The number of nitrogens with zero attached hydrogens (tertiary/aromatic N) is 2. The molecule has 5 heteroatoms. The first-order chi connectivity index (χ1) is 9.28. The second-order valence-corrected chi connectivity index (χ2v) is 5.46. The second kappa shape index (κ2) is 7.01. The van der Waals surface area contributed by atoms with Crippen molar-refractivity contribution >= 4 is 0 Å². The summed E-state index contributed by atoms with van der Waals surface area (Å²) in [6, 6.07) is 0. The molecule has 1 saturated carbocycles. The zero-order valence-electron chi connectivity index (χ0n) is 12.0. The monoisotopic (exact) mass is 267 g/mol. The molecule has 1 fully saturated rings. The lowest BCUT2D eigenvalue weighted by Gasteiger charge is -2.24. The van der Waals surface area contributed by atoms with E-state index in [0.29, 0.717) is 17.7 Å². The first kappa shape index (κ1) is 14.5. The molecule has 0 saturated heterocycles. The van der Waals surface area contributed by atoms with E-state index in [2.05, 4.69) is 17.1 Å². The van der Waals surface area contributed by atoms with E-state index < -0.39 is 0 Å². The molecule has 1 atom stereocenters. The summed E-state index contributed by atoms with van der Waals surface area (Å²) < 4.78 is 10.8. The summed E-state index contributed by atoms with van der Waals surface area (Å²) in [5.74, 6) is 2.55. The fraction of sp³-hybridized carbons (Fsp3) is 0.857. The van der Waals surface area contributed by atoms with E-state index in [9.17, 15) is 0 Å². The van der Waals surface area contributed by atoms with Crippen LogP contribution in [0.4, 0.5) is 0 Å². The van der Waals surface area contributed by atoms with E-state index in [-0.39, 0.29) is 6.10 Å². The average Bonchev–Trinajstić information content (AvgIpc) is 2.94. The molecule has 1 aromatic heterocycles. The van der Waals surface area contributed by atoms with Crippen molar-refractivity contribution in [3.05, 3.63) is 11.7 Å². The van der Waals surface area contributed by atoms with Crippen molar-refractivity contribution in [3.8, 4) is 0 Å². The van der Waals surface area contributed by atoms with Gasteiger partial charge in [-0.2, -0.15) is 4.98 Å². The fourth-order valence-electron chi connectivity index (χ4n) is 2.80. The Hall–Kier alpha value is -0.940. The van der Waals surface area contributed by atoms with Crippen LogP contribution >= 0.6 is 0 Å². The molecule has 1 aliphatic rings. The standard InChI is InChI=1S/C14H25N3O2/c1-3-4-12(18-2)13-16-14(19-17-13)11-7-5-10(9-15)6-8-11/h10-12H,3-9,15H2,1-2H3. The maximum absolute atomic E-state index is 5.71. The highest BCUT2D eigenvalue weighted by molar-refractivity contribution is 4.98. The Balaban J connectivity index is 1.97. The zero-order chi connectivity index (χ0) is 13.7. The molecule has 1 unspecified atom stereocenters. The van der Waals surface area contributed by atoms with Gasteiger partial charge >= 0.3 is 0 Å². The molecule has 0 radical (unpaired) electrons. The molecule has 2 rings (SSSR count). The number of hydrogen-bond acceptors (Lipinski definition) is 5. The van der Waals surface area contributed by atoms with E-state index in [1.54, 1.807) is 7.11 Å². The number of aromatic nitrogens is 2. The highest BCUT2D eigenvalue weighted by Gasteiger charge is 2.27. The summed E-state index contributed by atoms with van der Waals surface area (Å²) in [7, 11) is 1.70. The lowest BCUT2D eigenvalue weighted by Crippen LogP contribution is -2.20. The smallest absolute Gasteiger partial charge is 0.229 e. The molecular formula is C14H25N3O2. The number of hydrogen-bond donors (Lipinski definition) is 1. The van der Waals surface area contributed by atoms with Gasteiger partial charge in [0.2, 0.25) is 11.7 Å². The molecule has 108 valence electrons. The van der Waals surface area contributed by atoms with E-state index in [1.165, 1.54) is 12.8 Å². The van der Waals surface area contributed by atoms with Gasteiger partial charge in [-0.05, 0) is 44.6 Å². The van der Waals surface area contributed by atoms with Crippen molar-refractivity contribution in [2.24, 2.45) is 11.7 Å². The number of rotatable bonds is 6. The summed E-state index contributed by atoms with van der Waals surface area (Å²) in [5, 5.41) is 4.08. The minimum atomic E-state index is -0.0390. The molecule has 0 bridgehead atoms. The van der Waals surface area contributed by atoms with Crippen molar-refractivity contribution in [1.29, 1.82) is 0 Å². The predicted octanol–water partition coefficient (Wildman–Crippen LogP) is 2.79. The fourth-order valence-corrected chi connectivity index (χ4v) is 2.80. The molecule has 0 spiro atoms. The van der Waals surface area contributed by atoms with Gasteiger partial charge in [0.1, 0.15) is 6.10 Å². The van der Waals surface area contributed by atoms with E-state index >= 15 is 0 Å². The second-order valence-electron chi connectivity index (χ2n) is 5.46. The Morgan fingerprint density at radius 2 is 2.11 bits per heavy atom. The zero-order valence-corrected chi connectivity index (χ0v) is 12.0. The molecule has 0 aromatic carbocycles. The summed E-state index contributed by atoms with van der Waals surface area (Å²) in [5.41, 5.74) is 5.71. The van der Waals surface area contributed by atoms with E-state index in [1.807, 2.05) is 0 Å². The minimum Gasteiger partial charge on any atom is -0.373 e. The lowest BCUT2D eigenvalue weighted by atomic mass is 9.82. The van der Waals surface area contributed by atoms with Gasteiger partial charge in [0.15, 0.2) is 0 Å². The van der Waals surface area contributed by atoms with Crippen LogP contribution in [0, 0.1) is 5.92 Å². The molecule has 2 N–H and O–H groups in total. The van der Waals surface area contributed by atoms with Gasteiger partial charge in [0.25, 0.3) is 0 Å². The third-order valence-electron chi connectivity index (χ3n) is 4.11. The topological polar surface area (TPSA) is 74.2 Å². The van der Waals surface area contributed by atoms with Crippen LogP contribution in [0.2, 0.25) is 0 Å². The summed E-state index contributed by atoms with van der Waals surface area (Å²) in [6.45, 7) is 2.92. The Bertz CT molecular complexity index is 373. The van der Waals surface area contributed by atoms with Crippen molar-refractivity contribution in [2.75, 3.05) is 13.7 Å². The molecular weight excluding hydrogens is 242 g/mol. The third-order valence-corrected chi connectivity index (χ3v) is 4.11. The molecule has 5 nitrogen and oxygen atoms in total. The SMILES string of the molecule is CCCC(OC)c1noc(C2CCC(CN)CC2)n1. The highest BCUT2D eigenvalue weighted by Crippen LogP contribution is 2.35. The van der Waals surface area contributed by atoms with Crippen LogP contribution in [0.5, 0.6) is 0 Å². The van der Waals surface area contributed by atoms with Crippen molar-refractivity contribution in [2.45, 2.75) is 57.5 Å². The van der Waals surface area contributed by atoms with Crippen molar-refractivity contribution in [1.82, 2.24) is 10.1 Å². The van der Waals surface area contributed by atoms with Gasteiger partial charge in [-0.1, -0.05) is 18.5 Å². The molecule has 1 heterocycles. The van der Waals surface area contributed by atoms with Crippen molar-refractivity contribution < 1.29 is 9.26 Å². The Morgan fingerprint density at radius 1 is 1.37 bits per heavy atom. The van der Waals surface area contributed by atoms with Gasteiger partial charge in [-0.3, -0.25) is 0 Å². The van der Waals surface area contributed by atoms with Crippen LogP contribution in [0.1, 0.15) is 69.2 Å². The predicted molar refractivity (Wildman–Crippen MR) is 72.7 cm³/mol. The highest BCUT2D eigenvalue weighted by atomic mass is 16.5. The van der Waals surface area contributed by atoms with Crippen LogP contribution in [0.3, 0.4) is 0 Å². The van der Waals surface area contributed by atoms with Crippen LogP contribution in [0.25, 0.3) is 0 Å². The Labute approximate surface area is 114 Å². The first-order valence-corrected chi connectivity index (χ1v) is 7.34. The van der Waals surface area contributed by atoms with Gasteiger partial charge in [0, 0.05) is 13.0 Å². The van der Waals surface area contributed by atoms with Crippen LogP contribution in [-0.4, -0.2) is 23.8 Å². The van der Waals surface area contributed by atoms with Crippen LogP contribution in [-0.2, 0) is 4.74 Å². The molecule has 1 aromatic rings. The summed E-state index contributed by atoms with van der Waals surface area (Å²) >= 11 is 0. The van der Waals surface area contributed by atoms with Crippen LogP contribution < -0.4 is 5.73 Å². The molecule has 1 aliphatic carbocycles. The maximum atomic E-state index is 5.71. The first-order valence-electron chi connectivity index (χ1n) is 7.34. The third kappa shape index (κ3) is 3.54. The van der Waals surface area contributed by atoms with Crippen LogP contribution in [0.15, 0.2) is 4.52 Å².